The fraction of sp³-hybridized carbons (Fsp3) is 0.816. The number of aliphatic carboxylic acids is 1. The van der Waals surface area contributed by atoms with E-state index in [2.05, 4.69) is 61.5 Å². The molecule has 0 aromatic rings. The minimum atomic E-state index is -1.13. The van der Waals surface area contributed by atoms with Gasteiger partial charge in [-0.15, -0.1) is 0 Å². The van der Waals surface area contributed by atoms with Crippen LogP contribution in [0.4, 0.5) is 0 Å². The van der Waals surface area contributed by atoms with Crippen molar-refractivity contribution in [2.24, 2.45) is 56.7 Å². The third-order valence-electron chi connectivity index (χ3n) is 13.6. The summed E-state index contributed by atoms with van der Waals surface area (Å²) >= 11 is 0. The number of carbonyl (C=O) groups excluding carboxylic acids is 2. The number of fused-ring (bicyclic) bond motifs is 7. The van der Waals surface area contributed by atoms with Crippen LogP contribution in [0.1, 0.15) is 133 Å². The molecule has 5 aliphatic carbocycles. The Kier molecular flexibility index (Phi) is 7.99. The summed E-state index contributed by atoms with van der Waals surface area (Å²) in [5, 5.41) is 9.53. The van der Waals surface area contributed by atoms with E-state index in [9.17, 15) is 19.5 Å². The van der Waals surface area contributed by atoms with Crippen molar-refractivity contribution in [1.82, 2.24) is 0 Å². The fourth-order valence-electron chi connectivity index (χ4n) is 11.9. The molecule has 0 spiro atoms. The molecule has 4 fully saturated rings. The zero-order valence-corrected chi connectivity index (χ0v) is 28.7. The molecule has 0 amide bonds. The van der Waals surface area contributed by atoms with Crippen molar-refractivity contribution in [1.29, 1.82) is 0 Å². The molecule has 0 radical (unpaired) electrons. The number of esters is 1. The van der Waals surface area contributed by atoms with Crippen molar-refractivity contribution < 1.29 is 24.2 Å². The molecule has 0 aromatic heterocycles. The average Bonchev–Trinajstić information content (AvgIpc) is 3.16. The Labute approximate surface area is 260 Å². The fourth-order valence-corrected chi connectivity index (χ4v) is 11.9. The van der Waals surface area contributed by atoms with E-state index in [4.69, 9.17) is 4.74 Å². The van der Waals surface area contributed by atoms with Gasteiger partial charge in [0.1, 0.15) is 6.10 Å². The third-order valence-corrected chi connectivity index (χ3v) is 13.6. The van der Waals surface area contributed by atoms with Gasteiger partial charge < -0.3 is 9.84 Å². The summed E-state index contributed by atoms with van der Waals surface area (Å²) in [6, 6.07) is 0. The van der Waals surface area contributed by atoms with Gasteiger partial charge in [-0.3, -0.25) is 14.4 Å². The molecular weight excluding hydrogens is 536 g/mol. The number of carbonyl (C=O) groups is 3. The monoisotopic (exact) mass is 594 g/mol. The van der Waals surface area contributed by atoms with Gasteiger partial charge in [-0.2, -0.15) is 0 Å². The van der Waals surface area contributed by atoms with Gasteiger partial charge in [-0.25, -0.2) is 0 Å². The van der Waals surface area contributed by atoms with Crippen LogP contribution in [-0.4, -0.2) is 28.9 Å². The molecule has 240 valence electrons. The standard InChI is InChI=1S/C38H58O5/c1-22(2)19-38-18-13-25-24(32(38)31(23(3)4)26(39)20-38)11-12-28-36(25,9)16-14-27-35(7,8)29(15-17-37(27,28)10)43-30(40)21-34(5,6)33(41)42/h19,23-25,27-29H,11-18,20-21H2,1-10H3,(H,41,42). The van der Waals surface area contributed by atoms with E-state index in [0.29, 0.717) is 35.9 Å². The Hall–Kier alpha value is -1.91. The molecule has 0 aliphatic heterocycles. The molecule has 0 saturated heterocycles. The number of Topliss-reactive ketones (excluding diaryl/α,β-unsaturated/α-hetero) is 1. The Morgan fingerprint density at radius 3 is 2.21 bits per heavy atom. The average molecular weight is 595 g/mol. The van der Waals surface area contributed by atoms with Crippen LogP contribution < -0.4 is 0 Å². The number of carboxylic acids is 1. The molecule has 5 aliphatic rings. The molecule has 0 bridgehead atoms. The number of ketones is 1. The van der Waals surface area contributed by atoms with Gasteiger partial charge in [0, 0.05) is 17.3 Å². The lowest BCUT2D eigenvalue weighted by molar-refractivity contribution is -0.213. The molecule has 8 unspecified atom stereocenters. The van der Waals surface area contributed by atoms with Crippen LogP contribution in [0.15, 0.2) is 22.8 Å². The van der Waals surface area contributed by atoms with Crippen LogP contribution in [0.5, 0.6) is 0 Å². The summed E-state index contributed by atoms with van der Waals surface area (Å²) in [4.78, 5) is 38.2. The molecule has 0 heterocycles. The Morgan fingerprint density at radius 1 is 0.953 bits per heavy atom. The molecule has 8 atom stereocenters. The number of allylic oxidation sites excluding steroid dienone is 4. The van der Waals surface area contributed by atoms with Gasteiger partial charge >= 0.3 is 11.9 Å². The minimum absolute atomic E-state index is 0.0693. The van der Waals surface area contributed by atoms with Crippen molar-refractivity contribution in [3.8, 4) is 0 Å². The van der Waals surface area contributed by atoms with Gasteiger partial charge in [-0.1, -0.05) is 53.2 Å². The smallest absolute Gasteiger partial charge is 0.309 e. The molecule has 5 heteroatoms. The van der Waals surface area contributed by atoms with Crippen molar-refractivity contribution in [2.75, 3.05) is 0 Å². The molecule has 5 rings (SSSR count). The maximum atomic E-state index is 13.6. The molecule has 5 nitrogen and oxygen atoms in total. The first-order valence-electron chi connectivity index (χ1n) is 17.2. The quantitative estimate of drug-likeness (QED) is 0.245. The number of hydrogen-bond donors (Lipinski definition) is 1. The lowest BCUT2D eigenvalue weighted by atomic mass is 9.36. The highest BCUT2D eigenvalue weighted by Gasteiger charge is 2.66. The Balaban J connectivity index is 1.43. The predicted octanol–water partition coefficient (Wildman–Crippen LogP) is 8.96. The number of ether oxygens (including phenoxy) is 1. The van der Waals surface area contributed by atoms with E-state index in [0.717, 1.165) is 31.3 Å². The van der Waals surface area contributed by atoms with Gasteiger partial charge in [0.2, 0.25) is 0 Å². The normalized spacial score (nSPS) is 40.3. The van der Waals surface area contributed by atoms with Crippen LogP contribution in [-0.2, 0) is 19.1 Å². The second-order valence-corrected chi connectivity index (χ2v) is 17.6. The van der Waals surface area contributed by atoms with E-state index in [-0.39, 0.29) is 40.1 Å². The van der Waals surface area contributed by atoms with Crippen molar-refractivity contribution in [2.45, 2.75) is 140 Å². The maximum absolute atomic E-state index is 13.6. The molecule has 1 N–H and O–H groups in total. The lowest BCUT2D eigenvalue weighted by Gasteiger charge is -2.68. The molecular formula is C38H58O5. The van der Waals surface area contributed by atoms with Crippen LogP contribution in [0.2, 0.25) is 0 Å². The van der Waals surface area contributed by atoms with E-state index in [1.54, 1.807) is 13.8 Å². The first kappa shape index (κ1) is 32.5. The minimum Gasteiger partial charge on any atom is -0.481 e. The Morgan fingerprint density at radius 2 is 1.60 bits per heavy atom. The van der Waals surface area contributed by atoms with Crippen LogP contribution in [0, 0.1) is 56.7 Å². The third kappa shape index (κ3) is 4.98. The summed E-state index contributed by atoms with van der Waals surface area (Å²) in [5.74, 6) is 1.46. The van der Waals surface area contributed by atoms with E-state index >= 15 is 0 Å². The predicted molar refractivity (Wildman–Crippen MR) is 170 cm³/mol. The highest BCUT2D eigenvalue weighted by Crippen LogP contribution is 2.73. The van der Waals surface area contributed by atoms with Crippen LogP contribution in [0.3, 0.4) is 0 Å². The topological polar surface area (TPSA) is 80.7 Å². The summed E-state index contributed by atoms with van der Waals surface area (Å²) in [6.07, 6.45) is 11.7. The van der Waals surface area contributed by atoms with Gasteiger partial charge in [0.15, 0.2) is 5.78 Å². The largest absolute Gasteiger partial charge is 0.481 e. The number of rotatable bonds is 6. The Bertz CT molecular complexity index is 1250. The molecule has 4 saturated carbocycles. The summed E-state index contributed by atoms with van der Waals surface area (Å²) in [7, 11) is 0. The first-order chi connectivity index (χ1) is 19.8. The van der Waals surface area contributed by atoms with Crippen molar-refractivity contribution in [3.63, 3.8) is 0 Å². The van der Waals surface area contributed by atoms with E-state index in [1.807, 2.05) is 0 Å². The second kappa shape index (κ2) is 10.6. The van der Waals surface area contributed by atoms with E-state index < -0.39 is 17.4 Å². The molecule has 43 heavy (non-hydrogen) atoms. The summed E-state index contributed by atoms with van der Waals surface area (Å²) in [5.41, 5.74) is 3.03. The molecule has 0 aromatic carbocycles. The maximum Gasteiger partial charge on any atom is 0.309 e. The highest BCUT2D eigenvalue weighted by molar-refractivity contribution is 6.01. The number of hydrogen-bond acceptors (Lipinski definition) is 4. The van der Waals surface area contributed by atoms with Gasteiger partial charge in [-0.05, 0) is 131 Å². The first-order valence-corrected chi connectivity index (χ1v) is 17.2. The highest BCUT2D eigenvalue weighted by atomic mass is 16.5. The van der Waals surface area contributed by atoms with Crippen LogP contribution >= 0.6 is 0 Å². The van der Waals surface area contributed by atoms with Crippen molar-refractivity contribution in [3.05, 3.63) is 22.8 Å². The zero-order valence-electron chi connectivity index (χ0n) is 28.7. The van der Waals surface area contributed by atoms with Gasteiger partial charge in [0.05, 0.1) is 11.8 Å². The number of carboxylic acid groups (broad SMARTS) is 1. The summed E-state index contributed by atoms with van der Waals surface area (Å²) in [6.45, 7) is 21.7. The van der Waals surface area contributed by atoms with Crippen LogP contribution in [0.25, 0.3) is 0 Å². The SMILES string of the molecule is CC(C)=CC12CCC3C(CCC4C3(C)CCC3C(C)(C)C(OC(=O)CC(C)(C)C(=O)O)CCC34C)C1=C(C(C)C)C(=O)C2. The lowest BCUT2D eigenvalue weighted by Crippen LogP contribution is -2.63. The second-order valence-electron chi connectivity index (χ2n) is 17.6. The van der Waals surface area contributed by atoms with Gasteiger partial charge in [0.25, 0.3) is 0 Å². The zero-order chi connectivity index (χ0) is 31.9. The van der Waals surface area contributed by atoms with Crippen molar-refractivity contribution >= 4 is 17.7 Å². The van der Waals surface area contributed by atoms with E-state index in [1.165, 1.54) is 36.8 Å². The summed E-state index contributed by atoms with van der Waals surface area (Å²) < 4.78 is 6.12.